The Labute approximate surface area is 174 Å². The molecule has 6 rings (SSSR count). The third-order valence-electron chi connectivity index (χ3n) is 6.95. The van der Waals surface area contributed by atoms with E-state index in [2.05, 4.69) is 109 Å². The van der Waals surface area contributed by atoms with E-state index in [0.29, 0.717) is 11.8 Å². The van der Waals surface area contributed by atoms with Gasteiger partial charge in [-0.3, -0.25) is 0 Å². The molecule has 0 amide bonds. The van der Waals surface area contributed by atoms with Crippen molar-refractivity contribution in [2.45, 2.75) is 25.2 Å². The SMILES string of the molecule is CC1=CC2C(C=C1)c1ccc(C)cc1C21c2ccccc2-c2c(Br)cccc21. The molecule has 0 saturated heterocycles. The van der Waals surface area contributed by atoms with Crippen molar-refractivity contribution in [3.8, 4) is 11.1 Å². The van der Waals surface area contributed by atoms with Crippen LogP contribution in [0.2, 0.25) is 0 Å². The second-order valence-corrected chi connectivity index (χ2v) is 9.28. The number of benzene rings is 3. The zero-order valence-electron chi connectivity index (χ0n) is 16.0. The monoisotopic (exact) mass is 424 g/mol. The summed E-state index contributed by atoms with van der Waals surface area (Å²) in [7, 11) is 0. The molecule has 1 heteroatoms. The highest BCUT2D eigenvalue weighted by molar-refractivity contribution is 9.10. The molecule has 3 atom stereocenters. The summed E-state index contributed by atoms with van der Waals surface area (Å²) in [5.74, 6) is 0.836. The summed E-state index contributed by atoms with van der Waals surface area (Å²) in [6.45, 7) is 4.45. The largest absolute Gasteiger partial charge is 0.0761 e. The van der Waals surface area contributed by atoms with Gasteiger partial charge in [0, 0.05) is 21.9 Å². The van der Waals surface area contributed by atoms with Crippen molar-refractivity contribution < 1.29 is 0 Å². The molecule has 0 aromatic heterocycles. The van der Waals surface area contributed by atoms with Gasteiger partial charge in [0.05, 0.1) is 5.41 Å². The molecule has 0 aliphatic heterocycles. The maximum atomic E-state index is 3.87. The van der Waals surface area contributed by atoms with Crippen LogP contribution in [0.25, 0.3) is 11.1 Å². The Hall–Kier alpha value is -2.38. The summed E-state index contributed by atoms with van der Waals surface area (Å²) < 4.78 is 1.19. The minimum atomic E-state index is -0.117. The molecule has 0 fully saturated rings. The van der Waals surface area contributed by atoms with Crippen LogP contribution in [-0.4, -0.2) is 0 Å². The lowest BCUT2D eigenvalue weighted by Crippen LogP contribution is -2.33. The topological polar surface area (TPSA) is 0 Å². The molecule has 0 N–H and O–H groups in total. The molecule has 28 heavy (non-hydrogen) atoms. The molecular weight excluding hydrogens is 404 g/mol. The standard InChI is InChI=1S/C27H21Br/c1-16-10-12-18-19-13-11-17(2)15-24(19)27(23(18)14-16)21-7-4-3-6-20(21)26-22(27)8-5-9-25(26)28/h3-15,18,23H,1-2H3. The lowest BCUT2D eigenvalue weighted by molar-refractivity contribution is 0.463. The average Bonchev–Trinajstić information content (AvgIpc) is 3.15. The van der Waals surface area contributed by atoms with Gasteiger partial charge in [0.1, 0.15) is 0 Å². The molecule has 0 radical (unpaired) electrons. The van der Waals surface area contributed by atoms with Gasteiger partial charge in [-0.05, 0) is 47.7 Å². The molecule has 3 aliphatic rings. The molecule has 0 nitrogen and oxygen atoms in total. The molecule has 3 aromatic carbocycles. The minimum absolute atomic E-state index is 0.117. The Bertz CT molecular complexity index is 1210. The number of fused-ring (bicyclic) bond motifs is 10. The Morgan fingerprint density at radius 3 is 2.57 bits per heavy atom. The van der Waals surface area contributed by atoms with Gasteiger partial charge in [0.25, 0.3) is 0 Å². The highest BCUT2D eigenvalue weighted by Gasteiger charge is 2.57. The van der Waals surface area contributed by atoms with Crippen LogP contribution in [0.4, 0.5) is 0 Å². The Balaban J connectivity index is 1.82. The van der Waals surface area contributed by atoms with Crippen LogP contribution in [0.3, 0.4) is 0 Å². The highest BCUT2D eigenvalue weighted by atomic mass is 79.9. The first-order valence-electron chi connectivity index (χ1n) is 9.99. The summed E-state index contributed by atoms with van der Waals surface area (Å²) in [5.41, 5.74) is 11.2. The van der Waals surface area contributed by atoms with E-state index in [-0.39, 0.29) is 5.41 Å². The van der Waals surface area contributed by atoms with Gasteiger partial charge in [0.2, 0.25) is 0 Å². The lowest BCUT2D eigenvalue weighted by Gasteiger charge is -2.36. The zero-order chi connectivity index (χ0) is 19.0. The molecule has 136 valence electrons. The first-order valence-corrected chi connectivity index (χ1v) is 10.8. The molecular formula is C27H21Br. The fourth-order valence-corrected chi connectivity index (χ4v) is 6.54. The average molecular weight is 425 g/mol. The maximum Gasteiger partial charge on any atom is 0.0538 e. The van der Waals surface area contributed by atoms with Crippen LogP contribution in [-0.2, 0) is 5.41 Å². The molecule has 3 aromatic rings. The van der Waals surface area contributed by atoms with Gasteiger partial charge >= 0.3 is 0 Å². The first kappa shape index (κ1) is 16.6. The van der Waals surface area contributed by atoms with E-state index in [1.165, 1.54) is 49.0 Å². The van der Waals surface area contributed by atoms with E-state index in [0.717, 1.165) is 0 Å². The van der Waals surface area contributed by atoms with Gasteiger partial charge < -0.3 is 0 Å². The van der Waals surface area contributed by atoms with E-state index in [4.69, 9.17) is 0 Å². The van der Waals surface area contributed by atoms with E-state index in [9.17, 15) is 0 Å². The van der Waals surface area contributed by atoms with Crippen LogP contribution in [0.1, 0.15) is 40.7 Å². The minimum Gasteiger partial charge on any atom is -0.0761 e. The fraction of sp³-hybridized carbons (Fsp3) is 0.185. The third kappa shape index (κ3) is 1.86. The number of halogens is 1. The van der Waals surface area contributed by atoms with E-state index >= 15 is 0 Å². The summed E-state index contributed by atoms with van der Waals surface area (Å²) in [6, 6.07) is 22.9. The van der Waals surface area contributed by atoms with Gasteiger partial charge in [-0.2, -0.15) is 0 Å². The molecule has 0 heterocycles. The molecule has 3 unspecified atom stereocenters. The quantitative estimate of drug-likeness (QED) is 0.355. The van der Waals surface area contributed by atoms with E-state index in [1.54, 1.807) is 0 Å². The van der Waals surface area contributed by atoms with Crippen LogP contribution in [0.5, 0.6) is 0 Å². The summed E-state index contributed by atoms with van der Waals surface area (Å²) in [4.78, 5) is 0. The summed E-state index contributed by atoms with van der Waals surface area (Å²) in [5, 5.41) is 0. The number of hydrogen-bond donors (Lipinski definition) is 0. The van der Waals surface area contributed by atoms with Crippen LogP contribution in [0.15, 0.2) is 88.9 Å². The van der Waals surface area contributed by atoms with Crippen LogP contribution < -0.4 is 0 Å². The maximum absolute atomic E-state index is 3.87. The number of rotatable bonds is 0. The predicted octanol–water partition coefficient (Wildman–Crippen LogP) is 7.30. The Morgan fingerprint density at radius 2 is 1.68 bits per heavy atom. The normalized spacial score (nSPS) is 25.9. The lowest BCUT2D eigenvalue weighted by atomic mass is 9.65. The molecule has 0 bridgehead atoms. The third-order valence-corrected chi connectivity index (χ3v) is 7.61. The Kier molecular flexibility index (Phi) is 3.30. The van der Waals surface area contributed by atoms with E-state index < -0.39 is 0 Å². The zero-order valence-corrected chi connectivity index (χ0v) is 17.6. The van der Waals surface area contributed by atoms with Crippen molar-refractivity contribution in [2.24, 2.45) is 5.92 Å². The molecule has 3 aliphatic carbocycles. The van der Waals surface area contributed by atoms with Crippen LogP contribution in [0, 0.1) is 12.8 Å². The first-order chi connectivity index (χ1) is 13.6. The van der Waals surface area contributed by atoms with Crippen LogP contribution >= 0.6 is 15.9 Å². The van der Waals surface area contributed by atoms with Crippen molar-refractivity contribution in [1.82, 2.24) is 0 Å². The summed E-state index contributed by atoms with van der Waals surface area (Å²) in [6.07, 6.45) is 7.25. The van der Waals surface area contributed by atoms with Gasteiger partial charge in [-0.1, -0.05) is 99.9 Å². The van der Waals surface area contributed by atoms with Crippen molar-refractivity contribution in [3.63, 3.8) is 0 Å². The van der Waals surface area contributed by atoms with Crippen molar-refractivity contribution in [1.29, 1.82) is 0 Å². The van der Waals surface area contributed by atoms with Gasteiger partial charge in [-0.25, -0.2) is 0 Å². The van der Waals surface area contributed by atoms with Crippen molar-refractivity contribution in [3.05, 3.63) is 117 Å². The Morgan fingerprint density at radius 1 is 0.857 bits per heavy atom. The number of hydrogen-bond acceptors (Lipinski definition) is 0. The molecule has 0 saturated carbocycles. The second-order valence-electron chi connectivity index (χ2n) is 8.43. The number of allylic oxidation sites excluding steroid dienone is 4. The van der Waals surface area contributed by atoms with E-state index in [1.807, 2.05) is 0 Å². The summed E-state index contributed by atoms with van der Waals surface area (Å²) >= 11 is 3.87. The van der Waals surface area contributed by atoms with Crippen molar-refractivity contribution in [2.75, 3.05) is 0 Å². The molecule has 1 spiro atoms. The number of aryl methyl sites for hydroxylation is 1. The predicted molar refractivity (Wildman–Crippen MR) is 120 cm³/mol. The smallest absolute Gasteiger partial charge is 0.0538 e. The van der Waals surface area contributed by atoms with Gasteiger partial charge in [0.15, 0.2) is 0 Å². The van der Waals surface area contributed by atoms with Gasteiger partial charge in [-0.15, -0.1) is 0 Å². The highest BCUT2D eigenvalue weighted by Crippen LogP contribution is 2.66. The second kappa shape index (κ2) is 5.58. The fourth-order valence-electron chi connectivity index (χ4n) is 5.96. The van der Waals surface area contributed by atoms with Crippen molar-refractivity contribution >= 4 is 15.9 Å².